The SMILES string of the molecule is COc1ccc(C#Cc2cccc(N)c2)c2ccccc12. The van der Waals surface area contributed by atoms with Gasteiger partial charge in [-0.25, -0.2) is 0 Å². The highest BCUT2D eigenvalue weighted by Crippen LogP contribution is 2.27. The molecule has 3 rings (SSSR count). The highest BCUT2D eigenvalue weighted by Gasteiger charge is 2.03. The molecule has 0 aromatic heterocycles. The van der Waals surface area contributed by atoms with Gasteiger partial charge in [0.1, 0.15) is 5.75 Å². The molecule has 0 aliphatic rings. The summed E-state index contributed by atoms with van der Waals surface area (Å²) in [6, 6.07) is 19.6. The van der Waals surface area contributed by atoms with Gasteiger partial charge in [0.05, 0.1) is 7.11 Å². The van der Waals surface area contributed by atoms with Gasteiger partial charge in [0, 0.05) is 27.6 Å². The number of fused-ring (bicyclic) bond motifs is 1. The summed E-state index contributed by atoms with van der Waals surface area (Å²) >= 11 is 0. The van der Waals surface area contributed by atoms with Crippen LogP contribution in [-0.4, -0.2) is 7.11 Å². The first kappa shape index (κ1) is 13.1. The Bertz CT molecular complexity index is 856. The van der Waals surface area contributed by atoms with Crippen molar-refractivity contribution in [3.63, 3.8) is 0 Å². The molecule has 0 aliphatic heterocycles. The number of nitrogens with two attached hydrogens (primary N) is 1. The van der Waals surface area contributed by atoms with Crippen molar-refractivity contribution in [2.75, 3.05) is 12.8 Å². The van der Waals surface area contributed by atoms with Crippen LogP contribution in [0, 0.1) is 11.8 Å². The molecule has 0 fully saturated rings. The zero-order valence-electron chi connectivity index (χ0n) is 11.8. The lowest BCUT2D eigenvalue weighted by Crippen LogP contribution is -1.87. The van der Waals surface area contributed by atoms with Gasteiger partial charge in [0.15, 0.2) is 0 Å². The summed E-state index contributed by atoms with van der Waals surface area (Å²) in [4.78, 5) is 0. The molecule has 0 heterocycles. The van der Waals surface area contributed by atoms with E-state index < -0.39 is 0 Å². The molecule has 2 heteroatoms. The lowest BCUT2D eigenvalue weighted by Gasteiger charge is -2.06. The number of hydrogen-bond acceptors (Lipinski definition) is 2. The van der Waals surface area contributed by atoms with Crippen molar-refractivity contribution < 1.29 is 4.74 Å². The fraction of sp³-hybridized carbons (Fsp3) is 0.0526. The summed E-state index contributed by atoms with van der Waals surface area (Å²) in [5.41, 5.74) is 8.39. The summed E-state index contributed by atoms with van der Waals surface area (Å²) in [7, 11) is 1.68. The molecule has 0 spiro atoms. The van der Waals surface area contributed by atoms with Crippen molar-refractivity contribution in [2.24, 2.45) is 0 Å². The van der Waals surface area contributed by atoms with Crippen LogP contribution in [-0.2, 0) is 0 Å². The van der Waals surface area contributed by atoms with E-state index in [1.165, 1.54) is 0 Å². The third kappa shape index (κ3) is 2.68. The number of hydrogen-bond donors (Lipinski definition) is 1. The Labute approximate surface area is 124 Å². The van der Waals surface area contributed by atoms with E-state index in [-0.39, 0.29) is 0 Å². The van der Waals surface area contributed by atoms with E-state index in [1.807, 2.05) is 54.6 Å². The predicted molar refractivity (Wildman–Crippen MR) is 87.3 cm³/mol. The van der Waals surface area contributed by atoms with Crippen molar-refractivity contribution >= 4 is 16.5 Å². The Morgan fingerprint density at radius 1 is 0.857 bits per heavy atom. The van der Waals surface area contributed by atoms with E-state index in [9.17, 15) is 0 Å². The molecule has 21 heavy (non-hydrogen) atoms. The summed E-state index contributed by atoms with van der Waals surface area (Å²) in [6.45, 7) is 0. The summed E-state index contributed by atoms with van der Waals surface area (Å²) in [6.07, 6.45) is 0. The highest BCUT2D eigenvalue weighted by molar-refractivity contribution is 5.93. The zero-order valence-corrected chi connectivity index (χ0v) is 11.8. The molecule has 0 bridgehead atoms. The second kappa shape index (κ2) is 5.60. The van der Waals surface area contributed by atoms with Crippen LogP contribution in [0.1, 0.15) is 11.1 Å². The second-order valence-electron chi connectivity index (χ2n) is 4.74. The molecular formula is C19H15NO. The molecule has 2 nitrogen and oxygen atoms in total. The van der Waals surface area contributed by atoms with E-state index in [0.29, 0.717) is 0 Å². The molecule has 0 saturated carbocycles. The van der Waals surface area contributed by atoms with Gasteiger partial charge in [0.25, 0.3) is 0 Å². The van der Waals surface area contributed by atoms with Crippen molar-refractivity contribution in [3.05, 3.63) is 71.8 Å². The molecule has 0 amide bonds. The maximum absolute atomic E-state index is 5.77. The average molecular weight is 273 g/mol. The van der Waals surface area contributed by atoms with E-state index in [4.69, 9.17) is 10.5 Å². The van der Waals surface area contributed by atoms with Crippen LogP contribution in [0.5, 0.6) is 5.75 Å². The van der Waals surface area contributed by atoms with Gasteiger partial charge in [-0.1, -0.05) is 42.2 Å². The van der Waals surface area contributed by atoms with E-state index in [0.717, 1.165) is 33.3 Å². The number of ether oxygens (including phenoxy) is 1. The lowest BCUT2D eigenvalue weighted by molar-refractivity contribution is 0.420. The number of rotatable bonds is 1. The van der Waals surface area contributed by atoms with Crippen LogP contribution in [0.4, 0.5) is 5.69 Å². The molecule has 0 aliphatic carbocycles. The van der Waals surface area contributed by atoms with Crippen LogP contribution >= 0.6 is 0 Å². The van der Waals surface area contributed by atoms with Crippen molar-refractivity contribution in [2.45, 2.75) is 0 Å². The molecule has 0 radical (unpaired) electrons. The maximum atomic E-state index is 5.77. The summed E-state index contributed by atoms with van der Waals surface area (Å²) in [5.74, 6) is 7.24. The smallest absolute Gasteiger partial charge is 0.126 e. The quantitative estimate of drug-likeness (QED) is 0.540. The summed E-state index contributed by atoms with van der Waals surface area (Å²) < 4.78 is 5.40. The van der Waals surface area contributed by atoms with E-state index >= 15 is 0 Å². The van der Waals surface area contributed by atoms with Gasteiger partial charge in [-0.2, -0.15) is 0 Å². The van der Waals surface area contributed by atoms with Gasteiger partial charge in [-0.05, 0) is 30.3 Å². The minimum absolute atomic E-state index is 0.724. The normalized spacial score (nSPS) is 9.95. The fourth-order valence-corrected chi connectivity index (χ4v) is 2.31. The maximum Gasteiger partial charge on any atom is 0.126 e. The van der Waals surface area contributed by atoms with Gasteiger partial charge in [0.2, 0.25) is 0 Å². The number of anilines is 1. The Morgan fingerprint density at radius 2 is 1.67 bits per heavy atom. The average Bonchev–Trinajstić information content (AvgIpc) is 2.52. The minimum Gasteiger partial charge on any atom is -0.496 e. The number of benzene rings is 3. The number of nitrogen functional groups attached to an aromatic ring is 1. The molecular weight excluding hydrogens is 258 g/mol. The first-order valence-electron chi connectivity index (χ1n) is 6.71. The van der Waals surface area contributed by atoms with Gasteiger partial charge < -0.3 is 10.5 Å². The minimum atomic E-state index is 0.724. The third-order valence-electron chi connectivity index (χ3n) is 3.33. The van der Waals surface area contributed by atoms with E-state index in [1.54, 1.807) is 7.11 Å². The first-order chi connectivity index (χ1) is 10.3. The standard InChI is InChI=1S/C19H15NO/c1-21-19-12-11-15(17-7-2-3-8-18(17)19)10-9-14-5-4-6-16(20)13-14/h2-8,11-13H,20H2,1H3. The summed E-state index contributed by atoms with van der Waals surface area (Å²) in [5, 5.41) is 2.16. The molecule has 0 atom stereocenters. The van der Waals surface area contributed by atoms with Crippen LogP contribution in [0.2, 0.25) is 0 Å². The van der Waals surface area contributed by atoms with Crippen LogP contribution in [0.3, 0.4) is 0 Å². The van der Waals surface area contributed by atoms with E-state index in [2.05, 4.69) is 17.9 Å². The Balaban J connectivity index is 2.10. The van der Waals surface area contributed by atoms with Crippen LogP contribution in [0.15, 0.2) is 60.7 Å². The predicted octanol–water partition coefficient (Wildman–Crippen LogP) is 3.83. The molecule has 0 unspecified atom stereocenters. The lowest BCUT2D eigenvalue weighted by atomic mass is 10.0. The van der Waals surface area contributed by atoms with Gasteiger partial charge in [-0.3, -0.25) is 0 Å². The van der Waals surface area contributed by atoms with Crippen LogP contribution < -0.4 is 10.5 Å². The van der Waals surface area contributed by atoms with Crippen molar-refractivity contribution in [1.82, 2.24) is 0 Å². The largest absolute Gasteiger partial charge is 0.496 e. The zero-order chi connectivity index (χ0) is 14.7. The molecule has 0 saturated heterocycles. The molecule has 3 aromatic carbocycles. The second-order valence-corrected chi connectivity index (χ2v) is 4.74. The Kier molecular flexibility index (Phi) is 3.49. The van der Waals surface area contributed by atoms with Crippen molar-refractivity contribution in [3.8, 4) is 17.6 Å². The molecule has 102 valence electrons. The monoisotopic (exact) mass is 273 g/mol. The number of methoxy groups -OCH3 is 1. The fourth-order valence-electron chi connectivity index (χ4n) is 2.31. The van der Waals surface area contributed by atoms with Crippen molar-refractivity contribution in [1.29, 1.82) is 0 Å². The molecule has 2 N–H and O–H groups in total. The Hall–Kier alpha value is -2.92. The van der Waals surface area contributed by atoms with Gasteiger partial charge >= 0.3 is 0 Å². The highest BCUT2D eigenvalue weighted by atomic mass is 16.5. The first-order valence-corrected chi connectivity index (χ1v) is 6.71. The van der Waals surface area contributed by atoms with Gasteiger partial charge in [-0.15, -0.1) is 0 Å². The molecule has 3 aromatic rings. The Morgan fingerprint density at radius 3 is 2.43 bits per heavy atom. The third-order valence-corrected chi connectivity index (χ3v) is 3.33. The van der Waals surface area contributed by atoms with Crippen LogP contribution in [0.25, 0.3) is 10.8 Å². The topological polar surface area (TPSA) is 35.2 Å².